The summed E-state index contributed by atoms with van der Waals surface area (Å²) in [5.41, 5.74) is -0.233. The Hall–Kier alpha value is -0.770. The largest absolute Gasteiger partial charge is 0.444 e. The number of carbonyl (C=O) groups is 1. The van der Waals surface area contributed by atoms with E-state index in [4.69, 9.17) is 4.74 Å². The summed E-state index contributed by atoms with van der Waals surface area (Å²) in [4.78, 5) is 14.3. The molecular formula is C19H34N2O2. The highest BCUT2D eigenvalue weighted by molar-refractivity contribution is 5.68. The number of piperidine rings is 1. The van der Waals surface area contributed by atoms with Gasteiger partial charge in [0.15, 0.2) is 0 Å². The Morgan fingerprint density at radius 3 is 2.70 bits per heavy atom. The van der Waals surface area contributed by atoms with Gasteiger partial charge in [-0.3, -0.25) is 0 Å². The number of hydrogen-bond donors (Lipinski definition) is 1. The highest BCUT2D eigenvalue weighted by Gasteiger charge is 2.41. The van der Waals surface area contributed by atoms with Gasteiger partial charge in [-0.2, -0.15) is 0 Å². The fraction of sp³-hybridized carbons (Fsp3) is 0.947. The van der Waals surface area contributed by atoms with Gasteiger partial charge in [0.25, 0.3) is 0 Å². The van der Waals surface area contributed by atoms with Crippen molar-refractivity contribution in [1.29, 1.82) is 0 Å². The predicted molar refractivity (Wildman–Crippen MR) is 92.4 cm³/mol. The van der Waals surface area contributed by atoms with Crippen LogP contribution in [-0.4, -0.2) is 42.3 Å². The van der Waals surface area contributed by atoms with E-state index in [2.05, 4.69) is 12.2 Å². The van der Waals surface area contributed by atoms with Crippen molar-refractivity contribution in [3.63, 3.8) is 0 Å². The minimum absolute atomic E-state index is 0.150. The smallest absolute Gasteiger partial charge is 0.410 e. The normalized spacial score (nSPS) is 37.2. The maximum atomic E-state index is 12.3. The first-order chi connectivity index (χ1) is 10.7. The quantitative estimate of drug-likeness (QED) is 0.859. The van der Waals surface area contributed by atoms with Gasteiger partial charge in [-0.15, -0.1) is 0 Å². The molecule has 3 fully saturated rings. The summed E-state index contributed by atoms with van der Waals surface area (Å²) in [6, 6.07) is 0.725. The fourth-order valence-corrected chi connectivity index (χ4v) is 4.81. The van der Waals surface area contributed by atoms with E-state index in [0.29, 0.717) is 0 Å². The van der Waals surface area contributed by atoms with Crippen molar-refractivity contribution in [2.45, 2.75) is 77.9 Å². The van der Waals surface area contributed by atoms with Gasteiger partial charge in [-0.25, -0.2) is 4.79 Å². The summed E-state index contributed by atoms with van der Waals surface area (Å²) in [7, 11) is 0. The second kappa shape index (κ2) is 6.27. The summed E-state index contributed by atoms with van der Waals surface area (Å²) in [6.07, 6.45) is 7.81. The van der Waals surface area contributed by atoms with E-state index in [1.54, 1.807) is 0 Å². The van der Waals surface area contributed by atoms with Crippen LogP contribution in [0.1, 0.15) is 66.2 Å². The van der Waals surface area contributed by atoms with E-state index >= 15 is 0 Å². The Labute approximate surface area is 141 Å². The molecule has 2 aliphatic carbocycles. The number of nitrogens with one attached hydrogen (secondary N) is 1. The van der Waals surface area contributed by atoms with Crippen LogP contribution in [0.2, 0.25) is 0 Å². The van der Waals surface area contributed by atoms with Crippen LogP contribution in [-0.2, 0) is 4.74 Å². The first-order valence-corrected chi connectivity index (χ1v) is 9.45. The Morgan fingerprint density at radius 2 is 2.09 bits per heavy atom. The summed E-state index contributed by atoms with van der Waals surface area (Å²) >= 11 is 0. The molecule has 0 aromatic rings. The van der Waals surface area contributed by atoms with E-state index in [1.807, 2.05) is 25.7 Å². The third-order valence-corrected chi connectivity index (χ3v) is 5.96. The van der Waals surface area contributed by atoms with Crippen LogP contribution >= 0.6 is 0 Å². The molecule has 23 heavy (non-hydrogen) atoms. The number of likely N-dealkylation sites (tertiary alicyclic amines) is 1. The van der Waals surface area contributed by atoms with Crippen molar-refractivity contribution in [1.82, 2.24) is 10.2 Å². The third-order valence-electron chi connectivity index (χ3n) is 5.96. The van der Waals surface area contributed by atoms with Crippen molar-refractivity contribution in [2.24, 2.45) is 17.3 Å². The molecule has 0 aromatic heterocycles. The fourth-order valence-electron chi connectivity index (χ4n) is 4.81. The van der Waals surface area contributed by atoms with Crippen molar-refractivity contribution in [2.75, 3.05) is 19.6 Å². The molecule has 0 radical (unpaired) electrons. The van der Waals surface area contributed by atoms with Crippen LogP contribution in [0.3, 0.4) is 0 Å². The summed E-state index contributed by atoms with van der Waals surface area (Å²) < 4.78 is 5.56. The average Bonchev–Trinajstić information content (AvgIpc) is 3.06. The third kappa shape index (κ3) is 4.20. The molecule has 132 valence electrons. The van der Waals surface area contributed by atoms with Crippen molar-refractivity contribution >= 4 is 6.09 Å². The zero-order valence-corrected chi connectivity index (χ0v) is 15.4. The van der Waals surface area contributed by atoms with Crippen LogP contribution in [0.25, 0.3) is 0 Å². The summed E-state index contributed by atoms with van der Waals surface area (Å²) in [5.74, 6) is 1.89. The molecule has 2 bridgehead atoms. The lowest BCUT2D eigenvalue weighted by Gasteiger charge is -2.42. The monoisotopic (exact) mass is 322 g/mol. The van der Waals surface area contributed by atoms with Gasteiger partial charge in [0.05, 0.1) is 0 Å². The van der Waals surface area contributed by atoms with Gasteiger partial charge in [0.1, 0.15) is 5.60 Å². The standard InChI is InChI=1S/C19H34N2O2/c1-18(2,3)23-17(22)21-9-5-8-19(4,13-21)12-20-16-11-14-6-7-15(16)10-14/h14-16,20H,5-13H2,1-4H3. The molecule has 1 heterocycles. The van der Waals surface area contributed by atoms with Gasteiger partial charge in [0.2, 0.25) is 0 Å². The molecule has 0 spiro atoms. The highest BCUT2D eigenvalue weighted by Crippen LogP contribution is 2.44. The topological polar surface area (TPSA) is 41.6 Å². The number of fused-ring (bicyclic) bond motifs is 2. The van der Waals surface area contributed by atoms with Crippen LogP contribution < -0.4 is 5.32 Å². The number of rotatable bonds is 3. The molecule has 4 nitrogen and oxygen atoms in total. The Bertz CT molecular complexity index is 445. The summed E-state index contributed by atoms with van der Waals surface area (Å²) in [5, 5.41) is 3.85. The zero-order chi connectivity index (χ0) is 16.7. The van der Waals surface area contributed by atoms with Crippen LogP contribution in [0.5, 0.6) is 0 Å². The number of ether oxygens (including phenoxy) is 1. The van der Waals surface area contributed by atoms with E-state index in [1.165, 1.54) is 32.1 Å². The van der Waals surface area contributed by atoms with Gasteiger partial charge >= 0.3 is 6.09 Å². The molecule has 1 N–H and O–H groups in total. The Kier molecular flexibility index (Phi) is 4.65. The molecule has 0 aromatic carbocycles. The van der Waals surface area contributed by atoms with E-state index < -0.39 is 5.60 Å². The highest BCUT2D eigenvalue weighted by atomic mass is 16.6. The summed E-state index contributed by atoms with van der Waals surface area (Å²) in [6.45, 7) is 10.8. The maximum absolute atomic E-state index is 12.3. The van der Waals surface area contributed by atoms with E-state index in [9.17, 15) is 4.79 Å². The minimum Gasteiger partial charge on any atom is -0.444 e. The number of carbonyl (C=O) groups excluding carboxylic acids is 1. The molecule has 2 saturated carbocycles. The molecular weight excluding hydrogens is 288 g/mol. The first kappa shape index (κ1) is 17.1. The molecule has 4 atom stereocenters. The van der Waals surface area contributed by atoms with Crippen molar-refractivity contribution in [3.05, 3.63) is 0 Å². The number of nitrogens with zero attached hydrogens (tertiary/aromatic N) is 1. The molecule has 1 amide bonds. The molecule has 1 aliphatic heterocycles. The predicted octanol–water partition coefficient (Wildman–Crippen LogP) is 3.80. The second-order valence-corrected chi connectivity index (χ2v) is 9.48. The second-order valence-electron chi connectivity index (χ2n) is 9.48. The van der Waals surface area contributed by atoms with Gasteiger partial charge in [-0.1, -0.05) is 13.3 Å². The van der Waals surface area contributed by atoms with Gasteiger partial charge in [0, 0.05) is 25.7 Å². The zero-order valence-electron chi connectivity index (χ0n) is 15.4. The SMILES string of the molecule is CC1(CNC2CC3CCC2C3)CCCN(C(=O)OC(C)(C)C)C1. The van der Waals surface area contributed by atoms with Crippen LogP contribution in [0.4, 0.5) is 4.79 Å². The molecule has 4 unspecified atom stereocenters. The van der Waals surface area contributed by atoms with E-state index in [-0.39, 0.29) is 11.5 Å². The lowest BCUT2D eigenvalue weighted by molar-refractivity contribution is 0.00624. The van der Waals surface area contributed by atoms with Crippen LogP contribution in [0.15, 0.2) is 0 Å². The number of hydrogen-bond acceptors (Lipinski definition) is 3. The molecule has 1 saturated heterocycles. The van der Waals surface area contributed by atoms with E-state index in [0.717, 1.165) is 43.9 Å². The molecule has 3 rings (SSSR count). The van der Waals surface area contributed by atoms with Crippen molar-refractivity contribution in [3.8, 4) is 0 Å². The average molecular weight is 322 g/mol. The minimum atomic E-state index is -0.410. The lowest BCUT2D eigenvalue weighted by Crippen LogP contribution is -2.51. The molecule has 3 aliphatic rings. The first-order valence-electron chi connectivity index (χ1n) is 9.45. The maximum Gasteiger partial charge on any atom is 0.410 e. The van der Waals surface area contributed by atoms with Gasteiger partial charge in [-0.05, 0) is 70.1 Å². The van der Waals surface area contributed by atoms with Crippen molar-refractivity contribution < 1.29 is 9.53 Å². The Morgan fingerprint density at radius 1 is 1.30 bits per heavy atom. The Balaban J connectivity index is 1.51. The molecule has 4 heteroatoms. The number of amides is 1. The van der Waals surface area contributed by atoms with Gasteiger partial charge < -0.3 is 15.0 Å². The lowest BCUT2D eigenvalue weighted by atomic mass is 9.81. The van der Waals surface area contributed by atoms with Crippen LogP contribution in [0, 0.1) is 17.3 Å².